The topological polar surface area (TPSA) is 68.0 Å². The predicted molar refractivity (Wildman–Crippen MR) is 45.5 cm³/mol. The fourth-order valence-corrected chi connectivity index (χ4v) is 1.16. The van der Waals surface area contributed by atoms with Crippen LogP contribution in [0, 0.1) is 0 Å². The zero-order valence-corrected chi connectivity index (χ0v) is 6.93. The Morgan fingerprint density at radius 3 is 3.00 bits per heavy atom. The minimum atomic E-state index is -1.02. The Balaban J connectivity index is 2.70. The van der Waals surface area contributed by atoms with E-state index < -0.39 is 5.97 Å². The molecule has 1 N–H and O–H groups in total. The molecule has 0 aliphatic carbocycles. The number of pyridine rings is 1. The number of rotatable bonds is 1. The number of fused-ring (bicyclic) bond motifs is 1. The molecule has 0 aliphatic rings. The maximum Gasteiger partial charge on any atom is 0.354 e. The average Bonchev–Trinajstić information content (AvgIpc) is 2.47. The largest absolute Gasteiger partial charge is 0.477 e. The number of hydrogen-bond donors (Lipinski definition) is 1. The number of hydrogen-bond acceptors (Lipinski definition) is 3. The molecule has 0 saturated carbocycles. The highest BCUT2D eigenvalue weighted by molar-refractivity contribution is 5.88. The highest BCUT2D eigenvalue weighted by Crippen LogP contribution is 2.10. The molecule has 0 unspecified atom stereocenters. The zero-order valence-electron chi connectivity index (χ0n) is 6.93. The van der Waals surface area contributed by atoms with Crippen molar-refractivity contribution in [3.05, 3.63) is 24.0 Å². The summed E-state index contributed by atoms with van der Waals surface area (Å²) in [6.07, 6.45) is 1.54. The van der Waals surface area contributed by atoms with E-state index in [0.717, 1.165) is 5.52 Å². The summed E-state index contributed by atoms with van der Waals surface area (Å²) in [6, 6.07) is 3.16. The van der Waals surface area contributed by atoms with Gasteiger partial charge in [-0.3, -0.25) is 4.68 Å². The van der Waals surface area contributed by atoms with Gasteiger partial charge in [-0.05, 0) is 12.1 Å². The molecule has 5 nitrogen and oxygen atoms in total. The van der Waals surface area contributed by atoms with Gasteiger partial charge in [-0.2, -0.15) is 5.10 Å². The first-order valence-electron chi connectivity index (χ1n) is 3.70. The fourth-order valence-electron chi connectivity index (χ4n) is 1.16. The number of nitrogens with zero attached hydrogens (tertiary/aromatic N) is 3. The number of aromatic nitrogens is 3. The summed E-state index contributed by atoms with van der Waals surface area (Å²) in [6.45, 7) is 0. The van der Waals surface area contributed by atoms with Crippen LogP contribution < -0.4 is 0 Å². The summed E-state index contributed by atoms with van der Waals surface area (Å²) < 4.78 is 1.65. The van der Waals surface area contributed by atoms with E-state index in [1.165, 1.54) is 6.07 Å². The van der Waals surface area contributed by atoms with Gasteiger partial charge in [-0.1, -0.05) is 0 Å². The van der Waals surface area contributed by atoms with Crippen molar-refractivity contribution in [1.82, 2.24) is 14.8 Å². The van der Waals surface area contributed by atoms with Crippen molar-refractivity contribution >= 4 is 17.0 Å². The summed E-state index contributed by atoms with van der Waals surface area (Å²) in [4.78, 5) is 14.5. The van der Waals surface area contributed by atoms with Crippen LogP contribution in [0.5, 0.6) is 0 Å². The molecule has 0 amide bonds. The van der Waals surface area contributed by atoms with Gasteiger partial charge in [0.15, 0.2) is 0 Å². The molecule has 0 aromatic carbocycles. The van der Waals surface area contributed by atoms with E-state index in [4.69, 9.17) is 5.11 Å². The molecular weight excluding hydrogens is 170 g/mol. The van der Waals surface area contributed by atoms with Crippen molar-refractivity contribution in [2.45, 2.75) is 0 Å². The van der Waals surface area contributed by atoms with Gasteiger partial charge in [0.2, 0.25) is 0 Å². The normalized spacial score (nSPS) is 10.5. The van der Waals surface area contributed by atoms with Gasteiger partial charge in [-0.15, -0.1) is 0 Å². The second-order valence-electron chi connectivity index (χ2n) is 2.67. The minimum Gasteiger partial charge on any atom is -0.477 e. The van der Waals surface area contributed by atoms with Gasteiger partial charge in [0, 0.05) is 7.05 Å². The van der Waals surface area contributed by atoms with Crippen molar-refractivity contribution in [3.63, 3.8) is 0 Å². The molecule has 2 aromatic heterocycles. The summed E-state index contributed by atoms with van der Waals surface area (Å²) in [5, 5.41) is 12.6. The van der Waals surface area contributed by atoms with E-state index in [-0.39, 0.29) is 5.69 Å². The van der Waals surface area contributed by atoms with E-state index in [0.29, 0.717) is 5.52 Å². The minimum absolute atomic E-state index is 0.0421. The van der Waals surface area contributed by atoms with Crippen LogP contribution >= 0.6 is 0 Å². The van der Waals surface area contributed by atoms with Crippen LogP contribution in [0.2, 0.25) is 0 Å². The monoisotopic (exact) mass is 177 g/mol. The van der Waals surface area contributed by atoms with E-state index >= 15 is 0 Å². The summed E-state index contributed by atoms with van der Waals surface area (Å²) in [5.41, 5.74) is 1.47. The lowest BCUT2D eigenvalue weighted by Gasteiger charge is -1.94. The van der Waals surface area contributed by atoms with Gasteiger partial charge >= 0.3 is 5.97 Å². The molecule has 13 heavy (non-hydrogen) atoms. The first kappa shape index (κ1) is 7.72. The molecule has 2 rings (SSSR count). The third-order valence-corrected chi connectivity index (χ3v) is 1.82. The quantitative estimate of drug-likeness (QED) is 0.695. The van der Waals surface area contributed by atoms with E-state index in [9.17, 15) is 4.79 Å². The lowest BCUT2D eigenvalue weighted by atomic mass is 10.3. The third kappa shape index (κ3) is 1.14. The van der Waals surface area contributed by atoms with E-state index in [2.05, 4.69) is 10.1 Å². The van der Waals surface area contributed by atoms with E-state index in [1.54, 1.807) is 24.0 Å². The molecule has 2 heterocycles. The summed E-state index contributed by atoms with van der Waals surface area (Å²) in [5.74, 6) is -1.02. The van der Waals surface area contributed by atoms with Gasteiger partial charge in [0.25, 0.3) is 0 Å². The first-order chi connectivity index (χ1) is 6.18. The lowest BCUT2D eigenvalue weighted by molar-refractivity contribution is 0.0691. The van der Waals surface area contributed by atoms with Crippen LogP contribution in [-0.2, 0) is 7.05 Å². The molecule has 0 aliphatic heterocycles. The standard InChI is InChI=1S/C8H7N3O2/c1-11-7-3-2-5(8(12)13)10-6(7)4-9-11/h2-4H,1H3,(H,12,13). The molecule has 66 valence electrons. The van der Waals surface area contributed by atoms with Crippen LogP contribution in [0.4, 0.5) is 0 Å². The Morgan fingerprint density at radius 1 is 1.54 bits per heavy atom. The molecule has 5 heteroatoms. The molecule has 0 spiro atoms. The number of aryl methyl sites for hydroxylation is 1. The number of carbonyl (C=O) groups is 1. The maximum absolute atomic E-state index is 10.6. The van der Waals surface area contributed by atoms with Crippen LogP contribution in [0.15, 0.2) is 18.3 Å². The van der Waals surface area contributed by atoms with Crippen molar-refractivity contribution in [2.75, 3.05) is 0 Å². The van der Waals surface area contributed by atoms with Gasteiger partial charge in [0.1, 0.15) is 11.2 Å². The Bertz CT molecular complexity index is 475. The van der Waals surface area contributed by atoms with Gasteiger partial charge in [0.05, 0.1) is 11.7 Å². The van der Waals surface area contributed by atoms with Crippen molar-refractivity contribution in [1.29, 1.82) is 0 Å². The molecule has 0 saturated heterocycles. The average molecular weight is 177 g/mol. The summed E-state index contributed by atoms with van der Waals surface area (Å²) >= 11 is 0. The number of carboxylic acid groups (broad SMARTS) is 1. The first-order valence-corrected chi connectivity index (χ1v) is 3.70. The molecule has 0 atom stereocenters. The Kier molecular flexibility index (Phi) is 1.51. The van der Waals surface area contributed by atoms with Crippen LogP contribution in [-0.4, -0.2) is 25.8 Å². The van der Waals surface area contributed by atoms with Crippen LogP contribution in [0.1, 0.15) is 10.5 Å². The smallest absolute Gasteiger partial charge is 0.354 e. The molecule has 0 bridgehead atoms. The molecule has 0 radical (unpaired) electrons. The predicted octanol–water partition coefficient (Wildman–Crippen LogP) is 0.666. The van der Waals surface area contributed by atoms with Crippen LogP contribution in [0.25, 0.3) is 11.0 Å². The third-order valence-electron chi connectivity index (χ3n) is 1.82. The SMILES string of the molecule is Cn1ncc2nc(C(=O)O)ccc21. The number of carboxylic acids is 1. The maximum atomic E-state index is 10.6. The molecule has 0 fully saturated rings. The fraction of sp³-hybridized carbons (Fsp3) is 0.125. The molecular formula is C8H7N3O2. The Morgan fingerprint density at radius 2 is 2.31 bits per heavy atom. The number of aromatic carboxylic acids is 1. The highest BCUT2D eigenvalue weighted by atomic mass is 16.4. The Labute approximate surface area is 73.6 Å². The van der Waals surface area contributed by atoms with Crippen molar-refractivity contribution in [2.24, 2.45) is 7.05 Å². The van der Waals surface area contributed by atoms with Gasteiger partial charge < -0.3 is 5.11 Å². The van der Waals surface area contributed by atoms with Crippen molar-refractivity contribution in [3.8, 4) is 0 Å². The Hall–Kier alpha value is -1.91. The lowest BCUT2D eigenvalue weighted by Crippen LogP contribution is -1.99. The van der Waals surface area contributed by atoms with E-state index in [1.807, 2.05) is 0 Å². The van der Waals surface area contributed by atoms with Crippen LogP contribution in [0.3, 0.4) is 0 Å². The highest BCUT2D eigenvalue weighted by Gasteiger charge is 2.06. The zero-order chi connectivity index (χ0) is 9.42. The van der Waals surface area contributed by atoms with Gasteiger partial charge in [-0.25, -0.2) is 9.78 Å². The second-order valence-corrected chi connectivity index (χ2v) is 2.67. The molecule has 2 aromatic rings. The second kappa shape index (κ2) is 2.55. The summed E-state index contributed by atoms with van der Waals surface area (Å²) in [7, 11) is 1.78. The van der Waals surface area contributed by atoms with Crippen molar-refractivity contribution < 1.29 is 9.90 Å².